The van der Waals surface area contributed by atoms with Crippen molar-refractivity contribution >= 4 is 34.1 Å². The minimum absolute atomic E-state index is 0.604. The SMILES string of the molecule is CCC(CC)(CC)CCCC1C=C2C=c3ccsc3=C2S1. The highest BCUT2D eigenvalue weighted by atomic mass is 32.2. The van der Waals surface area contributed by atoms with E-state index in [1.807, 2.05) is 11.3 Å². The molecule has 0 amide bonds. The minimum atomic E-state index is 0.604. The summed E-state index contributed by atoms with van der Waals surface area (Å²) in [5.41, 5.74) is 2.10. The number of thioether (sulfide) groups is 1. The molecule has 1 aromatic rings. The molecule has 2 aliphatic rings. The van der Waals surface area contributed by atoms with Crippen LogP contribution in [-0.2, 0) is 0 Å². The lowest BCUT2D eigenvalue weighted by atomic mass is 9.75. The lowest BCUT2D eigenvalue weighted by Gasteiger charge is -2.30. The van der Waals surface area contributed by atoms with Crippen LogP contribution in [0.3, 0.4) is 0 Å². The molecular formula is C19H26S2. The first-order valence-electron chi connectivity index (χ1n) is 8.39. The fourth-order valence-electron chi connectivity index (χ4n) is 3.71. The first kappa shape index (κ1) is 15.4. The van der Waals surface area contributed by atoms with Crippen LogP contribution in [0, 0.1) is 5.41 Å². The maximum Gasteiger partial charge on any atom is 0.0484 e. The van der Waals surface area contributed by atoms with Gasteiger partial charge in [0, 0.05) is 14.7 Å². The van der Waals surface area contributed by atoms with Gasteiger partial charge >= 0.3 is 0 Å². The fourth-order valence-corrected chi connectivity index (χ4v) is 6.13. The summed E-state index contributed by atoms with van der Waals surface area (Å²) in [4.78, 5) is 1.55. The molecule has 1 aliphatic carbocycles. The lowest BCUT2D eigenvalue weighted by molar-refractivity contribution is 0.221. The van der Waals surface area contributed by atoms with Crippen molar-refractivity contribution in [2.45, 2.75) is 64.5 Å². The molecular weight excluding hydrogens is 292 g/mol. The van der Waals surface area contributed by atoms with Gasteiger partial charge in [-0.15, -0.1) is 23.1 Å². The van der Waals surface area contributed by atoms with Crippen molar-refractivity contribution in [1.29, 1.82) is 0 Å². The Balaban J connectivity index is 1.59. The third kappa shape index (κ3) is 2.90. The molecule has 0 aromatic carbocycles. The number of thiophene rings is 1. The van der Waals surface area contributed by atoms with Gasteiger partial charge in [-0.1, -0.05) is 52.5 Å². The Morgan fingerprint density at radius 1 is 1.14 bits per heavy atom. The highest BCUT2D eigenvalue weighted by Gasteiger charge is 2.27. The Hall–Kier alpha value is -0.470. The van der Waals surface area contributed by atoms with Crippen molar-refractivity contribution in [3.63, 3.8) is 0 Å². The highest BCUT2D eigenvalue weighted by molar-refractivity contribution is 8.09. The molecule has 1 aromatic heterocycles. The van der Waals surface area contributed by atoms with Gasteiger partial charge in [0.25, 0.3) is 0 Å². The van der Waals surface area contributed by atoms with Gasteiger partial charge in [0.2, 0.25) is 0 Å². The smallest absolute Gasteiger partial charge is 0.0484 e. The van der Waals surface area contributed by atoms with Gasteiger partial charge in [0.05, 0.1) is 0 Å². The van der Waals surface area contributed by atoms with Crippen LogP contribution in [0.4, 0.5) is 0 Å². The molecule has 2 heterocycles. The summed E-state index contributed by atoms with van der Waals surface area (Å²) in [5, 5.41) is 4.37. The van der Waals surface area contributed by atoms with Crippen molar-refractivity contribution in [1.82, 2.24) is 0 Å². The molecule has 0 bridgehead atoms. The zero-order valence-corrected chi connectivity index (χ0v) is 15.1. The normalized spacial score (nSPS) is 20.2. The fraction of sp³-hybridized carbons (Fsp3) is 0.579. The van der Waals surface area contributed by atoms with E-state index in [0.29, 0.717) is 10.7 Å². The molecule has 3 rings (SSSR count). The maximum absolute atomic E-state index is 2.51. The van der Waals surface area contributed by atoms with Gasteiger partial charge in [0.15, 0.2) is 0 Å². The van der Waals surface area contributed by atoms with E-state index in [9.17, 15) is 0 Å². The van der Waals surface area contributed by atoms with Crippen LogP contribution in [0.5, 0.6) is 0 Å². The van der Waals surface area contributed by atoms with Gasteiger partial charge in [-0.05, 0) is 46.6 Å². The van der Waals surface area contributed by atoms with Crippen molar-refractivity contribution in [2.24, 2.45) is 5.41 Å². The molecule has 0 saturated carbocycles. The largest absolute Gasteiger partial charge is 0.143 e. The van der Waals surface area contributed by atoms with Gasteiger partial charge in [-0.25, -0.2) is 0 Å². The second-order valence-electron chi connectivity index (χ2n) is 6.41. The molecule has 2 heteroatoms. The zero-order valence-electron chi connectivity index (χ0n) is 13.4. The van der Waals surface area contributed by atoms with Gasteiger partial charge in [-0.3, -0.25) is 0 Å². The second-order valence-corrected chi connectivity index (χ2v) is 8.58. The third-order valence-electron chi connectivity index (χ3n) is 5.56. The van der Waals surface area contributed by atoms with Crippen molar-refractivity contribution in [2.75, 3.05) is 0 Å². The van der Waals surface area contributed by atoms with Crippen LogP contribution in [0.2, 0.25) is 0 Å². The highest BCUT2D eigenvalue weighted by Crippen LogP contribution is 2.43. The third-order valence-corrected chi connectivity index (χ3v) is 7.98. The van der Waals surface area contributed by atoms with Crippen LogP contribution in [0.25, 0.3) is 11.0 Å². The Morgan fingerprint density at radius 2 is 1.90 bits per heavy atom. The van der Waals surface area contributed by atoms with Crippen LogP contribution in [0.1, 0.15) is 59.3 Å². The predicted octanol–water partition coefficient (Wildman–Crippen LogP) is 5.08. The molecule has 0 spiro atoms. The van der Waals surface area contributed by atoms with Crippen LogP contribution in [-0.4, -0.2) is 5.25 Å². The number of rotatable bonds is 7. The van der Waals surface area contributed by atoms with E-state index in [4.69, 9.17) is 0 Å². The number of hydrogen-bond donors (Lipinski definition) is 0. The van der Waals surface area contributed by atoms with E-state index >= 15 is 0 Å². The number of hydrogen-bond acceptors (Lipinski definition) is 2. The van der Waals surface area contributed by atoms with Gasteiger partial charge in [-0.2, -0.15) is 0 Å². The van der Waals surface area contributed by atoms with E-state index in [0.717, 1.165) is 0 Å². The number of fused-ring (bicyclic) bond motifs is 2. The minimum Gasteiger partial charge on any atom is -0.143 e. The van der Waals surface area contributed by atoms with Gasteiger partial charge < -0.3 is 0 Å². The quantitative estimate of drug-likeness (QED) is 0.675. The monoisotopic (exact) mass is 318 g/mol. The topological polar surface area (TPSA) is 0 Å². The molecule has 1 unspecified atom stereocenters. The van der Waals surface area contributed by atoms with E-state index < -0.39 is 0 Å². The molecule has 21 heavy (non-hydrogen) atoms. The summed E-state index contributed by atoms with van der Waals surface area (Å²) in [7, 11) is 0. The van der Waals surface area contributed by atoms with E-state index in [1.54, 1.807) is 4.91 Å². The maximum atomic E-state index is 2.51. The zero-order chi connectivity index (χ0) is 14.9. The summed E-state index contributed by atoms with van der Waals surface area (Å²) in [6.07, 6.45) is 13.0. The average Bonchev–Trinajstić information content (AvgIpc) is 3.16. The first-order valence-corrected chi connectivity index (χ1v) is 10.2. The summed E-state index contributed by atoms with van der Waals surface area (Å²) in [6, 6.07) is 2.25. The van der Waals surface area contributed by atoms with Crippen molar-refractivity contribution in [3.8, 4) is 0 Å². The lowest BCUT2D eigenvalue weighted by Crippen LogP contribution is -2.18. The van der Waals surface area contributed by atoms with Crippen molar-refractivity contribution < 1.29 is 0 Å². The van der Waals surface area contributed by atoms with Crippen LogP contribution >= 0.6 is 23.1 Å². The van der Waals surface area contributed by atoms with Crippen molar-refractivity contribution in [3.05, 3.63) is 32.8 Å². The molecule has 1 aliphatic heterocycles. The van der Waals surface area contributed by atoms with E-state index in [-0.39, 0.29) is 0 Å². The Kier molecular flexibility index (Phi) is 4.66. The summed E-state index contributed by atoms with van der Waals surface area (Å²) < 4.78 is 1.51. The molecule has 0 nitrogen and oxygen atoms in total. The van der Waals surface area contributed by atoms with Crippen LogP contribution < -0.4 is 9.75 Å². The predicted molar refractivity (Wildman–Crippen MR) is 98.1 cm³/mol. The van der Waals surface area contributed by atoms with Crippen LogP contribution in [0.15, 0.2) is 23.1 Å². The molecule has 1 atom stereocenters. The molecule has 0 radical (unpaired) electrons. The van der Waals surface area contributed by atoms with E-state index in [2.05, 4.69) is 56.1 Å². The standard InChI is InChI=1S/C19H26S2/c1-4-19(5-2,6-3)10-7-8-16-13-15-12-14-9-11-20-17(14)18(15)21-16/h9,11-13,16H,4-8,10H2,1-3H3. The molecule has 0 fully saturated rings. The Labute approximate surface area is 137 Å². The molecule has 0 N–H and O–H groups in total. The summed E-state index contributed by atoms with van der Waals surface area (Å²) >= 11 is 4.00. The first-order chi connectivity index (χ1) is 10.2. The van der Waals surface area contributed by atoms with Gasteiger partial charge in [0.1, 0.15) is 0 Å². The van der Waals surface area contributed by atoms with E-state index in [1.165, 1.54) is 53.8 Å². The Bertz CT molecular complexity index is 635. The molecule has 0 saturated heterocycles. The Morgan fingerprint density at radius 3 is 2.62 bits per heavy atom. The summed E-state index contributed by atoms with van der Waals surface area (Å²) in [5.74, 6) is 0. The second kappa shape index (κ2) is 6.34. The summed E-state index contributed by atoms with van der Waals surface area (Å²) in [6.45, 7) is 7.10. The average molecular weight is 319 g/mol. The molecule has 114 valence electrons.